The molecule has 0 N–H and O–H groups in total. The second kappa shape index (κ2) is 6.67. The number of rotatable bonds is 3. The molecule has 0 bridgehead atoms. The molecule has 5 heteroatoms. The summed E-state index contributed by atoms with van der Waals surface area (Å²) in [6.45, 7) is 5.42. The van der Waals surface area contributed by atoms with Gasteiger partial charge >= 0.3 is 6.18 Å². The van der Waals surface area contributed by atoms with Crippen molar-refractivity contribution in [3.05, 3.63) is 58.9 Å². The molecule has 128 valence electrons. The zero-order chi connectivity index (χ0) is 18.0. The molecule has 0 radical (unpaired) electrons. The Labute approximate surface area is 140 Å². The van der Waals surface area contributed by atoms with Crippen molar-refractivity contribution in [2.45, 2.75) is 32.4 Å². The molecule has 0 atom stereocenters. The van der Waals surface area contributed by atoms with E-state index in [0.29, 0.717) is 11.3 Å². The van der Waals surface area contributed by atoms with Crippen LogP contribution in [0, 0.1) is 0 Å². The molecule has 1 aromatic heterocycles. The van der Waals surface area contributed by atoms with Gasteiger partial charge in [0.1, 0.15) is 11.4 Å². The highest BCUT2D eigenvalue weighted by Gasteiger charge is 2.36. The van der Waals surface area contributed by atoms with E-state index in [0.717, 1.165) is 11.6 Å². The predicted molar refractivity (Wildman–Crippen MR) is 89.9 cm³/mol. The van der Waals surface area contributed by atoms with Gasteiger partial charge in [-0.2, -0.15) is 13.2 Å². The van der Waals surface area contributed by atoms with Crippen molar-refractivity contribution in [2.24, 2.45) is 0 Å². The summed E-state index contributed by atoms with van der Waals surface area (Å²) < 4.78 is 45.0. The lowest BCUT2D eigenvalue weighted by molar-refractivity contribution is -0.141. The summed E-state index contributed by atoms with van der Waals surface area (Å²) in [7, 11) is 1.44. The Bertz CT molecular complexity index is 729. The highest BCUT2D eigenvalue weighted by molar-refractivity contribution is 5.73. The number of halogens is 3. The second-order valence-electron chi connectivity index (χ2n) is 6.47. The van der Waals surface area contributed by atoms with Crippen molar-refractivity contribution < 1.29 is 17.9 Å². The van der Waals surface area contributed by atoms with E-state index in [4.69, 9.17) is 4.74 Å². The Hall–Kier alpha value is -2.30. The number of benzene rings is 1. The number of hydrogen-bond acceptors (Lipinski definition) is 2. The van der Waals surface area contributed by atoms with Crippen LogP contribution in [0.1, 0.15) is 43.3 Å². The summed E-state index contributed by atoms with van der Waals surface area (Å²) >= 11 is 0. The first-order valence-electron chi connectivity index (χ1n) is 7.53. The highest BCUT2D eigenvalue weighted by Crippen LogP contribution is 2.38. The molecular formula is C19H20F3NO. The molecule has 2 rings (SSSR count). The number of ether oxygens (including phenoxy) is 1. The van der Waals surface area contributed by atoms with E-state index in [9.17, 15) is 13.2 Å². The maximum Gasteiger partial charge on any atom is 0.433 e. The average molecular weight is 335 g/mol. The number of alkyl halides is 3. The first-order valence-corrected chi connectivity index (χ1v) is 7.53. The third kappa shape index (κ3) is 4.16. The Balaban J connectivity index is 2.62. The maximum absolute atomic E-state index is 13.2. The van der Waals surface area contributed by atoms with Gasteiger partial charge in [-0.15, -0.1) is 0 Å². The fourth-order valence-corrected chi connectivity index (χ4v) is 2.30. The van der Waals surface area contributed by atoms with Crippen LogP contribution < -0.4 is 4.74 Å². The van der Waals surface area contributed by atoms with Crippen molar-refractivity contribution in [3.63, 3.8) is 0 Å². The van der Waals surface area contributed by atoms with Crippen LogP contribution in [0.4, 0.5) is 13.2 Å². The smallest absolute Gasteiger partial charge is 0.433 e. The number of methoxy groups -OCH3 is 1. The molecule has 0 saturated carbocycles. The molecule has 0 unspecified atom stereocenters. The van der Waals surface area contributed by atoms with Gasteiger partial charge in [-0.1, -0.05) is 63.3 Å². The molecule has 0 aliphatic carbocycles. The summed E-state index contributed by atoms with van der Waals surface area (Å²) in [5.41, 5.74) is 0.0337. The topological polar surface area (TPSA) is 22.1 Å². The molecule has 1 heterocycles. The predicted octanol–water partition coefficient (Wildman–Crippen LogP) is 5.58. The minimum atomic E-state index is -4.51. The molecule has 24 heavy (non-hydrogen) atoms. The quantitative estimate of drug-likeness (QED) is 0.731. The Morgan fingerprint density at radius 2 is 1.62 bits per heavy atom. The lowest BCUT2D eigenvalue weighted by atomic mass is 9.89. The number of pyridine rings is 1. The zero-order valence-electron chi connectivity index (χ0n) is 14.1. The summed E-state index contributed by atoms with van der Waals surface area (Å²) in [4.78, 5) is 3.82. The lowest BCUT2D eigenvalue weighted by Gasteiger charge is -2.23. The SMILES string of the molecule is COc1c(/C=C/c2ccccc2)cc(C(F)(F)F)nc1C(C)(C)C. The van der Waals surface area contributed by atoms with E-state index in [1.807, 2.05) is 51.1 Å². The standard InChI is InChI=1S/C19H20F3NO/c1-18(2,3)17-16(24-4)14(12-15(23-17)19(20,21)22)11-10-13-8-6-5-7-9-13/h5-12H,1-4H3/b11-10+. The van der Waals surface area contributed by atoms with Gasteiger partial charge in [-0.3, -0.25) is 0 Å². The fraction of sp³-hybridized carbons (Fsp3) is 0.316. The normalized spacial score (nSPS) is 12.6. The van der Waals surface area contributed by atoms with Crippen molar-refractivity contribution in [2.75, 3.05) is 7.11 Å². The molecule has 0 aliphatic heterocycles. The molecule has 2 aromatic rings. The van der Waals surface area contributed by atoms with Gasteiger partial charge in [0, 0.05) is 11.0 Å². The summed E-state index contributed by atoms with van der Waals surface area (Å²) in [5.74, 6) is 0.364. The largest absolute Gasteiger partial charge is 0.494 e. The van der Waals surface area contributed by atoms with E-state index in [1.54, 1.807) is 12.2 Å². The minimum Gasteiger partial charge on any atom is -0.494 e. The van der Waals surface area contributed by atoms with Crippen LogP contribution in [-0.4, -0.2) is 12.1 Å². The van der Waals surface area contributed by atoms with Crippen molar-refractivity contribution >= 4 is 12.2 Å². The van der Waals surface area contributed by atoms with E-state index >= 15 is 0 Å². The first kappa shape index (κ1) is 18.0. The summed E-state index contributed by atoms with van der Waals surface area (Å²) in [5, 5.41) is 0. The van der Waals surface area contributed by atoms with Crippen LogP contribution in [0.5, 0.6) is 5.75 Å². The Morgan fingerprint density at radius 1 is 1.00 bits per heavy atom. The minimum absolute atomic E-state index is 0.285. The van der Waals surface area contributed by atoms with Gasteiger partial charge in [0.15, 0.2) is 0 Å². The van der Waals surface area contributed by atoms with E-state index in [1.165, 1.54) is 7.11 Å². The van der Waals surface area contributed by atoms with Crippen LogP contribution in [0.3, 0.4) is 0 Å². The van der Waals surface area contributed by atoms with Gasteiger partial charge in [0.2, 0.25) is 0 Å². The highest BCUT2D eigenvalue weighted by atomic mass is 19.4. The molecule has 0 aliphatic rings. The van der Waals surface area contributed by atoms with E-state index in [-0.39, 0.29) is 5.69 Å². The average Bonchev–Trinajstić information content (AvgIpc) is 2.51. The third-order valence-corrected chi connectivity index (χ3v) is 3.46. The first-order chi connectivity index (χ1) is 11.1. The van der Waals surface area contributed by atoms with Crippen LogP contribution in [0.2, 0.25) is 0 Å². The van der Waals surface area contributed by atoms with Crippen LogP contribution in [-0.2, 0) is 11.6 Å². The molecular weight excluding hydrogens is 315 g/mol. The summed E-state index contributed by atoms with van der Waals surface area (Å²) in [6, 6.07) is 10.4. The Morgan fingerprint density at radius 3 is 2.12 bits per heavy atom. The number of nitrogens with zero attached hydrogens (tertiary/aromatic N) is 1. The van der Waals surface area contributed by atoms with Crippen LogP contribution in [0.15, 0.2) is 36.4 Å². The third-order valence-electron chi connectivity index (χ3n) is 3.46. The fourth-order valence-electron chi connectivity index (χ4n) is 2.30. The van der Waals surface area contributed by atoms with Crippen molar-refractivity contribution in [1.29, 1.82) is 0 Å². The van der Waals surface area contributed by atoms with Gasteiger partial charge in [0.25, 0.3) is 0 Å². The summed E-state index contributed by atoms with van der Waals surface area (Å²) in [6.07, 6.45) is -1.13. The molecule has 0 saturated heterocycles. The number of aromatic nitrogens is 1. The molecule has 0 fully saturated rings. The van der Waals surface area contributed by atoms with Crippen LogP contribution in [0.25, 0.3) is 12.2 Å². The van der Waals surface area contributed by atoms with E-state index < -0.39 is 17.3 Å². The van der Waals surface area contributed by atoms with Crippen molar-refractivity contribution in [1.82, 2.24) is 4.98 Å². The molecule has 1 aromatic carbocycles. The molecule has 2 nitrogen and oxygen atoms in total. The van der Waals surface area contributed by atoms with Crippen molar-refractivity contribution in [3.8, 4) is 5.75 Å². The molecule has 0 spiro atoms. The van der Waals surface area contributed by atoms with Gasteiger partial charge < -0.3 is 4.74 Å². The monoisotopic (exact) mass is 335 g/mol. The number of hydrogen-bond donors (Lipinski definition) is 0. The van der Waals surface area contributed by atoms with Crippen LogP contribution >= 0.6 is 0 Å². The lowest BCUT2D eigenvalue weighted by Crippen LogP contribution is -2.20. The second-order valence-corrected chi connectivity index (χ2v) is 6.47. The zero-order valence-corrected chi connectivity index (χ0v) is 14.1. The molecule has 0 amide bonds. The van der Waals surface area contributed by atoms with Gasteiger partial charge in [0.05, 0.1) is 12.8 Å². The van der Waals surface area contributed by atoms with E-state index in [2.05, 4.69) is 4.98 Å². The Kier molecular flexibility index (Phi) is 5.02. The maximum atomic E-state index is 13.2. The van der Waals surface area contributed by atoms with Gasteiger partial charge in [-0.05, 0) is 11.6 Å². The van der Waals surface area contributed by atoms with Gasteiger partial charge in [-0.25, -0.2) is 4.98 Å².